The molecule has 7 rings (SSSR count). The van der Waals surface area contributed by atoms with Crippen LogP contribution in [0.1, 0.15) is 94.8 Å². The van der Waals surface area contributed by atoms with Crippen molar-refractivity contribution in [2.45, 2.75) is 102 Å². The fraction of sp³-hybridized carbons (Fsp3) is 0.714. The highest BCUT2D eigenvalue weighted by molar-refractivity contribution is 7.84. The number of anilines is 1. The summed E-state index contributed by atoms with van der Waals surface area (Å²) in [7, 11) is 2.50. The van der Waals surface area contributed by atoms with E-state index in [2.05, 4.69) is 66.3 Å². The molecule has 54 heavy (non-hydrogen) atoms. The van der Waals surface area contributed by atoms with E-state index in [9.17, 15) is 9.00 Å². The van der Waals surface area contributed by atoms with Crippen molar-refractivity contribution in [1.82, 2.24) is 19.5 Å². The quantitative estimate of drug-likeness (QED) is 0.366. The maximum absolute atomic E-state index is 13.4. The lowest BCUT2D eigenvalue weighted by molar-refractivity contribution is -0.0695. The summed E-state index contributed by atoms with van der Waals surface area (Å²) < 4.78 is 34.3. The van der Waals surface area contributed by atoms with Crippen LogP contribution < -0.4 is 14.4 Å². The van der Waals surface area contributed by atoms with E-state index in [-0.39, 0.29) is 33.8 Å². The highest BCUT2D eigenvalue weighted by Crippen LogP contribution is 2.45. The van der Waals surface area contributed by atoms with Crippen molar-refractivity contribution in [3.63, 3.8) is 0 Å². The molecule has 1 N–H and O–H groups in total. The summed E-state index contributed by atoms with van der Waals surface area (Å²) in [4.78, 5) is 25.6. The number of nitrogens with one attached hydrogen (secondary N) is 1. The Morgan fingerprint density at radius 1 is 1.07 bits per heavy atom. The number of methoxy groups -OCH3 is 1. The van der Waals surface area contributed by atoms with Crippen molar-refractivity contribution < 1.29 is 23.2 Å². The molecule has 12 heteroatoms. The van der Waals surface area contributed by atoms with Gasteiger partial charge in [0.05, 0.1) is 30.7 Å². The third-order valence-corrected chi connectivity index (χ3v) is 15.1. The molecule has 0 radical (unpaired) electrons. The zero-order chi connectivity index (χ0) is 38.6. The van der Waals surface area contributed by atoms with Gasteiger partial charge in [-0.2, -0.15) is 0 Å². The van der Waals surface area contributed by atoms with E-state index in [1.807, 2.05) is 26.2 Å². The van der Waals surface area contributed by atoms with Gasteiger partial charge in [-0.1, -0.05) is 51.3 Å². The Hall–Kier alpha value is -2.28. The number of morpholine rings is 1. The SMILES string of the molecule is CCC1C(C)CN2C[C@@]3(CCCc4cc(Cl)ccc43)COc3ccc(nc32)C(=O)NS(=O)C(C)C(C)CCC[C@]1(C)OC.CN1CCN2CCOCC2C1. The van der Waals surface area contributed by atoms with Crippen molar-refractivity contribution in [3.05, 3.63) is 52.2 Å². The number of pyridine rings is 1. The van der Waals surface area contributed by atoms with Gasteiger partial charge in [-0.25, -0.2) is 9.19 Å². The number of aromatic nitrogens is 1. The third-order valence-electron chi connectivity index (χ3n) is 13.3. The Morgan fingerprint density at radius 3 is 2.67 bits per heavy atom. The number of halogens is 1. The van der Waals surface area contributed by atoms with E-state index in [1.54, 1.807) is 6.07 Å². The van der Waals surface area contributed by atoms with Crippen molar-refractivity contribution in [1.29, 1.82) is 0 Å². The second-order valence-corrected chi connectivity index (χ2v) is 18.9. The first-order chi connectivity index (χ1) is 25.9. The van der Waals surface area contributed by atoms with Gasteiger partial charge >= 0.3 is 0 Å². The van der Waals surface area contributed by atoms with Gasteiger partial charge in [0.2, 0.25) is 0 Å². The first-order valence-electron chi connectivity index (χ1n) is 20.3. The predicted octanol–water partition coefficient (Wildman–Crippen LogP) is 6.51. The van der Waals surface area contributed by atoms with Crippen LogP contribution in [-0.2, 0) is 32.3 Å². The monoisotopic (exact) mass is 785 g/mol. The molecular weight excluding hydrogens is 722 g/mol. The number of hydrogen-bond donors (Lipinski definition) is 1. The van der Waals surface area contributed by atoms with Crippen LogP contribution >= 0.6 is 11.6 Å². The number of amides is 1. The second-order valence-electron chi connectivity index (χ2n) is 17.0. The average Bonchev–Trinajstić information content (AvgIpc) is 3.30. The van der Waals surface area contributed by atoms with E-state index in [4.69, 9.17) is 30.8 Å². The Labute approximate surface area is 331 Å². The normalized spacial score (nSPS) is 34.0. The van der Waals surface area contributed by atoms with E-state index in [1.165, 1.54) is 30.8 Å². The molecule has 5 heterocycles. The molecule has 2 fully saturated rings. The first kappa shape index (κ1) is 41.4. The highest BCUT2D eigenvalue weighted by atomic mass is 35.5. The molecule has 0 saturated carbocycles. The maximum atomic E-state index is 13.4. The van der Waals surface area contributed by atoms with Gasteiger partial charge in [0.25, 0.3) is 5.91 Å². The van der Waals surface area contributed by atoms with Gasteiger partial charge in [-0.15, -0.1) is 0 Å². The Bertz CT molecular complexity index is 1630. The number of ether oxygens (including phenoxy) is 3. The van der Waals surface area contributed by atoms with Gasteiger partial charge in [0.15, 0.2) is 11.6 Å². The van der Waals surface area contributed by atoms with E-state index >= 15 is 0 Å². The van der Waals surface area contributed by atoms with Crippen molar-refractivity contribution >= 4 is 34.3 Å². The fourth-order valence-corrected chi connectivity index (χ4v) is 11.0. The number of carbonyl (C=O) groups is 1. The van der Waals surface area contributed by atoms with E-state index in [0.29, 0.717) is 30.1 Å². The van der Waals surface area contributed by atoms with Crippen molar-refractivity contribution in [3.8, 4) is 5.75 Å². The molecule has 1 aromatic heterocycles. The Balaban J connectivity index is 0.000000384. The number of hydrogen-bond acceptors (Lipinski definition) is 9. The van der Waals surface area contributed by atoms with Crippen LogP contribution in [0.5, 0.6) is 5.75 Å². The van der Waals surface area contributed by atoms with Crippen LogP contribution in [0, 0.1) is 17.8 Å². The van der Waals surface area contributed by atoms with E-state index < -0.39 is 16.9 Å². The second kappa shape index (κ2) is 17.9. The molecule has 5 aliphatic rings. The molecule has 1 aliphatic carbocycles. The van der Waals surface area contributed by atoms with Crippen LogP contribution in [0.2, 0.25) is 5.02 Å². The molecule has 4 aliphatic heterocycles. The number of piperazine rings is 1. The number of fused-ring (bicyclic) bond motifs is 4. The molecule has 300 valence electrons. The predicted molar refractivity (Wildman–Crippen MR) is 218 cm³/mol. The Kier molecular flexibility index (Phi) is 13.7. The molecule has 8 atom stereocenters. The molecule has 1 aromatic carbocycles. The molecule has 10 nitrogen and oxygen atoms in total. The first-order valence-corrected chi connectivity index (χ1v) is 21.9. The Morgan fingerprint density at radius 2 is 1.89 bits per heavy atom. The number of carbonyl (C=O) groups excluding carboxylic acids is 1. The number of likely N-dealkylation sites (N-methyl/N-ethyl adjacent to an activating group) is 1. The summed E-state index contributed by atoms with van der Waals surface area (Å²) in [5.74, 6) is 1.69. The van der Waals surface area contributed by atoms with Crippen LogP contribution in [0.4, 0.5) is 5.82 Å². The summed E-state index contributed by atoms with van der Waals surface area (Å²) in [5, 5.41) is 0.572. The summed E-state index contributed by atoms with van der Waals surface area (Å²) in [6.07, 6.45) is 6.84. The van der Waals surface area contributed by atoms with Gasteiger partial charge in [0.1, 0.15) is 16.7 Å². The van der Waals surface area contributed by atoms with Crippen LogP contribution in [0.25, 0.3) is 0 Å². The minimum Gasteiger partial charge on any atom is -0.489 e. The van der Waals surface area contributed by atoms with E-state index in [0.717, 1.165) is 82.8 Å². The maximum Gasteiger partial charge on any atom is 0.281 e. The minimum absolute atomic E-state index is 0.181. The molecule has 2 bridgehead atoms. The molecule has 2 aromatic rings. The molecule has 6 unspecified atom stereocenters. The summed E-state index contributed by atoms with van der Waals surface area (Å²) >= 11 is 6.43. The summed E-state index contributed by atoms with van der Waals surface area (Å²) in [6.45, 7) is 19.5. The van der Waals surface area contributed by atoms with Crippen LogP contribution in [-0.4, -0.2) is 115 Å². The standard InChI is InChI=1S/C34H48ClN3O4S.C8H16N2O/c1-7-27-23(3)19-38-20-34(17-9-11-25-18-26(35)12-13-28(25)34)21-42-30-15-14-29(36-31(30)38)32(39)37-43(40)24(4)22(2)10-8-16-33(27,5)41-6;1-9-2-3-10-4-5-11-7-8(10)6-9/h12-15,18,22-24,27H,7-11,16-17,19-21H2,1-6H3,(H,37,39);8H,2-7H2,1H3/t22?,23?,24?,27?,33-,34-,43?;/m0./s1. The number of nitrogens with zero attached hydrogens (tertiary/aromatic N) is 4. The minimum atomic E-state index is -1.53. The lowest BCUT2D eigenvalue weighted by Gasteiger charge is -2.44. The lowest BCUT2D eigenvalue weighted by atomic mass is 9.69. The number of benzene rings is 1. The smallest absolute Gasteiger partial charge is 0.281 e. The molecule has 1 amide bonds. The van der Waals surface area contributed by atoms with Gasteiger partial charge in [-0.3, -0.25) is 14.4 Å². The van der Waals surface area contributed by atoms with Gasteiger partial charge in [-0.05, 0) is 106 Å². The molecular formula is C42H64ClN5O5S. The van der Waals surface area contributed by atoms with Crippen LogP contribution in [0.15, 0.2) is 30.3 Å². The van der Waals surface area contributed by atoms with Gasteiger partial charge in [0, 0.05) is 62.9 Å². The van der Waals surface area contributed by atoms with Crippen molar-refractivity contribution in [2.24, 2.45) is 17.8 Å². The summed E-state index contributed by atoms with van der Waals surface area (Å²) in [5.41, 5.74) is 2.30. The van der Waals surface area contributed by atoms with Crippen LogP contribution in [0.3, 0.4) is 0 Å². The largest absolute Gasteiger partial charge is 0.489 e. The number of aryl methyl sites for hydroxylation is 1. The highest BCUT2D eigenvalue weighted by Gasteiger charge is 2.44. The van der Waals surface area contributed by atoms with Gasteiger partial charge < -0.3 is 24.0 Å². The number of rotatable bonds is 2. The molecule has 1 spiro atoms. The molecule has 2 saturated heterocycles. The average molecular weight is 787 g/mol. The lowest BCUT2D eigenvalue weighted by Crippen LogP contribution is -2.56. The topological polar surface area (TPSA) is 96.5 Å². The van der Waals surface area contributed by atoms with Crippen molar-refractivity contribution in [2.75, 3.05) is 78.1 Å². The zero-order valence-corrected chi connectivity index (χ0v) is 35.3. The summed E-state index contributed by atoms with van der Waals surface area (Å²) in [6, 6.07) is 10.5. The zero-order valence-electron chi connectivity index (χ0n) is 33.7. The fourth-order valence-electron chi connectivity index (χ4n) is 9.82. The third kappa shape index (κ3) is 9.13.